The molecule has 0 saturated carbocycles. The Morgan fingerprint density at radius 3 is 2.45 bits per heavy atom. The van der Waals surface area contributed by atoms with E-state index in [0.29, 0.717) is 17.1 Å². The van der Waals surface area contributed by atoms with E-state index in [2.05, 4.69) is 10.1 Å². The number of halogens is 3. The number of benzene rings is 1. The van der Waals surface area contributed by atoms with Crippen LogP contribution in [-0.4, -0.2) is 21.9 Å². The van der Waals surface area contributed by atoms with Gasteiger partial charge >= 0.3 is 6.18 Å². The van der Waals surface area contributed by atoms with Crippen molar-refractivity contribution < 1.29 is 17.9 Å². The topological polar surface area (TPSA) is 39.9 Å². The third kappa shape index (κ3) is 2.38. The zero-order chi connectivity index (χ0) is 15.9. The number of rotatable bonds is 2. The highest BCUT2D eigenvalue weighted by Crippen LogP contribution is 2.29. The summed E-state index contributed by atoms with van der Waals surface area (Å²) in [5.41, 5.74) is 0.544. The Hall–Kier alpha value is -2.57. The predicted octanol–water partition coefficient (Wildman–Crippen LogP) is 3.76. The van der Waals surface area contributed by atoms with Gasteiger partial charge in [-0.05, 0) is 37.3 Å². The molecule has 7 heteroatoms. The number of alkyl halides is 3. The van der Waals surface area contributed by atoms with Crippen LogP contribution in [0.5, 0.6) is 5.75 Å². The Kier molecular flexibility index (Phi) is 3.27. The van der Waals surface area contributed by atoms with Crippen molar-refractivity contribution in [2.75, 3.05) is 7.11 Å². The number of fused-ring (bicyclic) bond motifs is 1. The fourth-order valence-electron chi connectivity index (χ4n) is 2.25. The van der Waals surface area contributed by atoms with Gasteiger partial charge in [-0.25, -0.2) is 9.67 Å². The molecule has 114 valence electrons. The average Bonchev–Trinajstić information content (AvgIpc) is 2.97. The second kappa shape index (κ2) is 5.01. The number of nitrogens with zero attached hydrogens (tertiary/aromatic N) is 3. The monoisotopic (exact) mass is 307 g/mol. The second-order valence-electron chi connectivity index (χ2n) is 4.78. The quantitative estimate of drug-likeness (QED) is 0.724. The lowest BCUT2D eigenvalue weighted by Crippen LogP contribution is -2.07. The molecule has 0 saturated heterocycles. The molecule has 0 radical (unpaired) electrons. The van der Waals surface area contributed by atoms with Crippen LogP contribution < -0.4 is 4.74 Å². The molecule has 0 aliphatic carbocycles. The van der Waals surface area contributed by atoms with E-state index in [9.17, 15) is 13.2 Å². The minimum absolute atomic E-state index is 0.319. The molecule has 0 fully saturated rings. The second-order valence-corrected chi connectivity index (χ2v) is 4.78. The third-order valence-electron chi connectivity index (χ3n) is 3.38. The zero-order valence-electron chi connectivity index (χ0n) is 11.8. The molecule has 3 aromatic rings. The molecular formula is C15H12F3N3O. The first-order valence-corrected chi connectivity index (χ1v) is 6.48. The molecule has 0 atom stereocenters. The van der Waals surface area contributed by atoms with Crippen LogP contribution in [0.2, 0.25) is 0 Å². The highest BCUT2D eigenvalue weighted by molar-refractivity contribution is 5.84. The molecule has 0 aliphatic rings. The van der Waals surface area contributed by atoms with Crippen LogP contribution in [0.3, 0.4) is 0 Å². The summed E-state index contributed by atoms with van der Waals surface area (Å²) in [7, 11) is 1.56. The van der Waals surface area contributed by atoms with Crippen molar-refractivity contribution in [1.29, 1.82) is 0 Å². The Labute approximate surface area is 124 Å². The average molecular weight is 307 g/mol. The van der Waals surface area contributed by atoms with Crippen molar-refractivity contribution in [3.63, 3.8) is 0 Å². The Morgan fingerprint density at radius 2 is 1.82 bits per heavy atom. The number of hydrogen-bond acceptors (Lipinski definition) is 3. The van der Waals surface area contributed by atoms with Crippen molar-refractivity contribution in [3.05, 3.63) is 47.8 Å². The summed E-state index contributed by atoms with van der Waals surface area (Å²) in [6.07, 6.45) is -3.23. The third-order valence-corrected chi connectivity index (χ3v) is 3.38. The number of ether oxygens (including phenoxy) is 1. The van der Waals surface area contributed by atoms with Crippen molar-refractivity contribution in [1.82, 2.24) is 14.8 Å². The fraction of sp³-hybridized carbons (Fsp3) is 0.200. The molecular weight excluding hydrogens is 295 g/mol. The minimum Gasteiger partial charge on any atom is -0.496 e. The van der Waals surface area contributed by atoms with E-state index in [-0.39, 0.29) is 0 Å². The van der Waals surface area contributed by atoms with E-state index >= 15 is 0 Å². The summed E-state index contributed by atoms with van der Waals surface area (Å²) < 4.78 is 44.2. The predicted molar refractivity (Wildman–Crippen MR) is 75.2 cm³/mol. The maximum Gasteiger partial charge on any atom is 0.435 e. The first-order chi connectivity index (χ1) is 10.4. The van der Waals surface area contributed by atoms with Crippen LogP contribution in [0, 0.1) is 6.92 Å². The van der Waals surface area contributed by atoms with Gasteiger partial charge < -0.3 is 4.74 Å². The number of aromatic nitrogens is 3. The van der Waals surface area contributed by atoms with Crippen LogP contribution in [0.25, 0.3) is 16.7 Å². The van der Waals surface area contributed by atoms with Crippen molar-refractivity contribution >= 4 is 10.9 Å². The number of hydrogen-bond donors (Lipinski definition) is 0. The SMILES string of the molecule is COc1ccc2ccc(-n3ccc(C(F)(F)F)n3)nc2c1C. The normalized spacial score (nSPS) is 11.9. The largest absolute Gasteiger partial charge is 0.496 e. The van der Waals surface area contributed by atoms with Gasteiger partial charge in [0.1, 0.15) is 5.75 Å². The molecule has 2 heterocycles. The van der Waals surface area contributed by atoms with Crippen molar-refractivity contribution in [2.45, 2.75) is 13.1 Å². The fourth-order valence-corrected chi connectivity index (χ4v) is 2.25. The van der Waals surface area contributed by atoms with Gasteiger partial charge in [0, 0.05) is 17.1 Å². The van der Waals surface area contributed by atoms with E-state index < -0.39 is 11.9 Å². The van der Waals surface area contributed by atoms with Gasteiger partial charge in [-0.1, -0.05) is 0 Å². The Morgan fingerprint density at radius 1 is 1.09 bits per heavy atom. The summed E-state index contributed by atoms with van der Waals surface area (Å²) >= 11 is 0. The van der Waals surface area contributed by atoms with Crippen molar-refractivity contribution in [2.24, 2.45) is 0 Å². The van der Waals surface area contributed by atoms with Crippen LogP contribution in [-0.2, 0) is 6.18 Å². The number of methoxy groups -OCH3 is 1. The molecule has 0 spiro atoms. The Bertz CT molecular complexity index is 840. The van der Waals surface area contributed by atoms with Crippen LogP contribution in [0.15, 0.2) is 36.5 Å². The van der Waals surface area contributed by atoms with E-state index in [1.165, 1.54) is 6.20 Å². The first kappa shape index (κ1) is 14.4. The maximum atomic E-state index is 12.6. The molecule has 22 heavy (non-hydrogen) atoms. The van der Waals surface area contributed by atoms with Gasteiger partial charge in [0.15, 0.2) is 11.5 Å². The van der Waals surface area contributed by atoms with E-state index in [0.717, 1.165) is 21.7 Å². The lowest BCUT2D eigenvalue weighted by Gasteiger charge is -2.09. The molecule has 0 bridgehead atoms. The van der Waals surface area contributed by atoms with Gasteiger partial charge in [0.05, 0.1) is 12.6 Å². The number of aryl methyl sites for hydroxylation is 1. The summed E-state index contributed by atoms with van der Waals surface area (Å²) in [5, 5.41) is 4.41. The molecule has 3 rings (SSSR count). The lowest BCUT2D eigenvalue weighted by molar-refractivity contribution is -0.141. The first-order valence-electron chi connectivity index (χ1n) is 6.48. The highest BCUT2D eigenvalue weighted by Gasteiger charge is 2.33. The Balaban J connectivity index is 2.12. The van der Waals surface area contributed by atoms with Gasteiger partial charge in [0.25, 0.3) is 0 Å². The van der Waals surface area contributed by atoms with Gasteiger partial charge in [-0.15, -0.1) is 0 Å². The van der Waals surface area contributed by atoms with Crippen LogP contribution >= 0.6 is 0 Å². The molecule has 0 amide bonds. The summed E-state index contributed by atoms with van der Waals surface area (Å²) in [6.45, 7) is 1.85. The maximum absolute atomic E-state index is 12.6. The highest BCUT2D eigenvalue weighted by atomic mass is 19.4. The molecule has 1 aromatic carbocycles. The summed E-state index contributed by atoms with van der Waals surface area (Å²) in [6, 6.07) is 8.02. The summed E-state index contributed by atoms with van der Waals surface area (Å²) in [4.78, 5) is 4.40. The van der Waals surface area contributed by atoms with Gasteiger partial charge in [-0.3, -0.25) is 0 Å². The molecule has 0 aliphatic heterocycles. The lowest BCUT2D eigenvalue weighted by atomic mass is 10.1. The van der Waals surface area contributed by atoms with E-state index in [4.69, 9.17) is 4.74 Å². The van der Waals surface area contributed by atoms with E-state index in [1.807, 2.05) is 19.1 Å². The molecule has 0 N–H and O–H groups in total. The molecule has 4 nitrogen and oxygen atoms in total. The minimum atomic E-state index is -4.47. The summed E-state index contributed by atoms with van der Waals surface area (Å²) in [5.74, 6) is 0.993. The van der Waals surface area contributed by atoms with Gasteiger partial charge in [-0.2, -0.15) is 18.3 Å². The molecule has 2 aromatic heterocycles. The van der Waals surface area contributed by atoms with Crippen LogP contribution in [0.1, 0.15) is 11.3 Å². The van der Waals surface area contributed by atoms with E-state index in [1.54, 1.807) is 19.2 Å². The van der Waals surface area contributed by atoms with Crippen LogP contribution in [0.4, 0.5) is 13.2 Å². The molecule has 0 unspecified atom stereocenters. The van der Waals surface area contributed by atoms with Gasteiger partial charge in [0.2, 0.25) is 0 Å². The number of pyridine rings is 1. The van der Waals surface area contributed by atoms with Crippen molar-refractivity contribution in [3.8, 4) is 11.6 Å². The standard InChI is InChI=1S/C15H12F3N3O/c1-9-11(22-2)5-3-10-4-6-13(19-14(9)10)21-8-7-12(20-21)15(16,17)18/h3-8H,1-2H3. The smallest absolute Gasteiger partial charge is 0.435 e. The zero-order valence-corrected chi connectivity index (χ0v) is 11.8.